The second-order valence-corrected chi connectivity index (χ2v) is 6.26. The first-order valence-electron chi connectivity index (χ1n) is 5.99. The quantitative estimate of drug-likeness (QED) is 0.887. The number of benzene rings is 1. The molecule has 102 valence electrons. The van der Waals surface area contributed by atoms with E-state index in [9.17, 15) is 13.2 Å². The van der Waals surface area contributed by atoms with Gasteiger partial charge in [-0.3, -0.25) is 4.79 Å². The van der Waals surface area contributed by atoms with Gasteiger partial charge in [-0.15, -0.1) is 0 Å². The average molecular weight is 280 g/mol. The molecule has 0 bridgehead atoms. The van der Waals surface area contributed by atoms with Crippen molar-refractivity contribution in [3.8, 4) is 0 Å². The summed E-state index contributed by atoms with van der Waals surface area (Å²) in [5, 5.41) is 3.74. The summed E-state index contributed by atoms with van der Waals surface area (Å²) in [5.41, 5.74) is 1.93. The molecule has 5 nitrogen and oxygen atoms in total. The van der Waals surface area contributed by atoms with Gasteiger partial charge in [0.2, 0.25) is 15.9 Å². The van der Waals surface area contributed by atoms with Crippen molar-refractivity contribution in [2.75, 3.05) is 19.6 Å². The first-order chi connectivity index (χ1) is 8.97. The van der Waals surface area contributed by atoms with Crippen LogP contribution in [0, 0.1) is 6.92 Å². The van der Waals surface area contributed by atoms with Crippen LogP contribution in [0.5, 0.6) is 0 Å². The SMILES string of the molecule is Cc1ccc(C=CS(=O)(=O)N2CCNC(=O)C2)cc1. The van der Waals surface area contributed by atoms with Gasteiger partial charge >= 0.3 is 0 Å². The molecule has 0 aromatic heterocycles. The van der Waals surface area contributed by atoms with Gasteiger partial charge in [0.1, 0.15) is 0 Å². The Bertz CT molecular complexity index is 591. The summed E-state index contributed by atoms with van der Waals surface area (Å²) < 4.78 is 25.2. The molecule has 6 heteroatoms. The summed E-state index contributed by atoms with van der Waals surface area (Å²) >= 11 is 0. The first-order valence-corrected chi connectivity index (χ1v) is 7.49. The molecule has 1 saturated heterocycles. The van der Waals surface area contributed by atoms with E-state index in [0.29, 0.717) is 13.1 Å². The van der Waals surface area contributed by atoms with Gasteiger partial charge in [-0.2, -0.15) is 4.31 Å². The molecule has 1 aromatic rings. The molecule has 0 spiro atoms. The van der Waals surface area contributed by atoms with Crippen molar-refractivity contribution >= 4 is 22.0 Å². The topological polar surface area (TPSA) is 66.5 Å². The van der Waals surface area contributed by atoms with Gasteiger partial charge in [-0.1, -0.05) is 29.8 Å². The average Bonchev–Trinajstić information content (AvgIpc) is 2.38. The van der Waals surface area contributed by atoms with Gasteiger partial charge in [-0.05, 0) is 18.6 Å². The number of amides is 1. The maximum absolute atomic E-state index is 12.0. The fourth-order valence-corrected chi connectivity index (χ4v) is 2.90. The Labute approximate surface area is 113 Å². The minimum absolute atomic E-state index is 0.111. The number of hydrogen-bond donors (Lipinski definition) is 1. The Morgan fingerprint density at radius 1 is 1.26 bits per heavy atom. The van der Waals surface area contributed by atoms with Crippen molar-refractivity contribution < 1.29 is 13.2 Å². The zero-order valence-electron chi connectivity index (χ0n) is 10.7. The van der Waals surface area contributed by atoms with Gasteiger partial charge < -0.3 is 5.32 Å². The molecule has 1 amide bonds. The van der Waals surface area contributed by atoms with Crippen molar-refractivity contribution in [2.24, 2.45) is 0 Å². The second-order valence-electron chi connectivity index (χ2n) is 4.44. The second kappa shape index (κ2) is 5.54. The van der Waals surface area contributed by atoms with Crippen LogP contribution >= 0.6 is 0 Å². The monoisotopic (exact) mass is 280 g/mol. The van der Waals surface area contributed by atoms with E-state index < -0.39 is 10.0 Å². The maximum atomic E-state index is 12.0. The van der Waals surface area contributed by atoms with Crippen LogP contribution in [0.4, 0.5) is 0 Å². The van der Waals surface area contributed by atoms with E-state index in [0.717, 1.165) is 16.5 Å². The largest absolute Gasteiger partial charge is 0.354 e. The lowest BCUT2D eigenvalue weighted by Gasteiger charge is -2.24. The van der Waals surface area contributed by atoms with Crippen LogP contribution < -0.4 is 5.32 Å². The van der Waals surface area contributed by atoms with E-state index in [1.165, 1.54) is 4.31 Å². The Hall–Kier alpha value is -1.66. The number of carbonyl (C=O) groups is 1. The number of piperazine rings is 1. The Morgan fingerprint density at radius 2 is 1.95 bits per heavy atom. The highest BCUT2D eigenvalue weighted by molar-refractivity contribution is 7.92. The summed E-state index contributed by atoms with van der Waals surface area (Å²) in [6.07, 6.45) is 1.54. The van der Waals surface area contributed by atoms with E-state index in [2.05, 4.69) is 5.32 Å². The Kier molecular flexibility index (Phi) is 4.01. The first kappa shape index (κ1) is 13.8. The third-order valence-electron chi connectivity index (χ3n) is 2.87. The molecular formula is C13H16N2O3S. The summed E-state index contributed by atoms with van der Waals surface area (Å²) in [5.74, 6) is -0.265. The normalized spacial score (nSPS) is 17.6. The molecule has 1 aliphatic heterocycles. The number of aryl methyl sites for hydroxylation is 1. The fourth-order valence-electron chi connectivity index (χ4n) is 1.76. The summed E-state index contributed by atoms with van der Waals surface area (Å²) in [7, 11) is -3.53. The van der Waals surface area contributed by atoms with Gasteiger partial charge in [0.05, 0.1) is 6.54 Å². The summed E-state index contributed by atoms with van der Waals surface area (Å²) in [6, 6.07) is 7.54. The molecule has 0 aliphatic carbocycles. The van der Waals surface area contributed by atoms with Crippen LogP contribution in [0.1, 0.15) is 11.1 Å². The van der Waals surface area contributed by atoms with E-state index in [4.69, 9.17) is 0 Å². The zero-order chi connectivity index (χ0) is 13.9. The highest BCUT2D eigenvalue weighted by Crippen LogP contribution is 2.10. The van der Waals surface area contributed by atoms with E-state index in [1.54, 1.807) is 6.08 Å². The third-order valence-corrected chi connectivity index (χ3v) is 4.38. The van der Waals surface area contributed by atoms with Crippen molar-refractivity contribution in [2.45, 2.75) is 6.92 Å². The molecule has 19 heavy (non-hydrogen) atoms. The molecular weight excluding hydrogens is 264 g/mol. The molecule has 0 saturated carbocycles. The standard InChI is InChI=1S/C13H16N2O3S/c1-11-2-4-12(5-3-11)6-9-19(17,18)15-8-7-14-13(16)10-15/h2-6,9H,7-8,10H2,1H3,(H,14,16). The molecule has 0 unspecified atom stereocenters. The highest BCUT2D eigenvalue weighted by Gasteiger charge is 2.25. The lowest BCUT2D eigenvalue weighted by atomic mass is 10.2. The molecule has 0 radical (unpaired) electrons. The minimum Gasteiger partial charge on any atom is -0.354 e. The van der Waals surface area contributed by atoms with Gasteiger partial charge in [-0.25, -0.2) is 8.42 Å². The van der Waals surface area contributed by atoms with Gasteiger partial charge in [0.15, 0.2) is 0 Å². The van der Waals surface area contributed by atoms with E-state index in [-0.39, 0.29) is 12.5 Å². The molecule has 0 atom stereocenters. The lowest BCUT2D eigenvalue weighted by molar-refractivity contribution is -0.122. The minimum atomic E-state index is -3.53. The van der Waals surface area contributed by atoms with Crippen LogP contribution in [0.25, 0.3) is 6.08 Å². The lowest BCUT2D eigenvalue weighted by Crippen LogP contribution is -2.49. The molecule has 1 N–H and O–H groups in total. The van der Waals surface area contributed by atoms with E-state index in [1.807, 2.05) is 31.2 Å². The third kappa shape index (κ3) is 3.65. The van der Waals surface area contributed by atoms with Crippen molar-refractivity contribution in [1.82, 2.24) is 9.62 Å². The van der Waals surface area contributed by atoms with Crippen LogP contribution in [0.15, 0.2) is 29.7 Å². The predicted octanol–water partition coefficient (Wildman–Crippen LogP) is 0.727. The van der Waals surface area contributed by atoms with Crippen LogP contribution in [0.2, 0.25) is 0 Å². The zero-order valence-corrected chi connectivity index (χ0v) is 11.5. The smallest absolute Gasteiger partial charge is 0.236 e. The summed E-state index contributed by atoms with van der Waals surface area (Å²) in [4.78, 5) is 11.2. The van der Waals surface area contributed by atoms with Crippen LogP contribution in [-0.2, 0) is 14.8 Å². The molecule has 1 fully saturated rings. The molecule has 1 aromatic carbocycles. The van der Waals surface area contributed by atoms with Crippen LogP contribution in [-0.4, -0.2) is 38.3 Å². The van der Waals surface area contributed by atoms with Gasteiger partial charge in [0.25, 0.3) is 0 Å². The molecule has 1 aliphatic rings. The Balaban J connectivity index is 2.12. The van der Waals surface area contributed by atoms with Crippen molar-refractivity contribution in [1.29, 1.82) is 0 Å². The van der Waals surface area contributed by atoms with Crippen LogP contribution in [0.3, 0.4) is 0 Å². The van der Waals surface area contributed by atoms with E-state index >= 15 is 0 Å². The number of nitrogens with zero attached hydrogens (tertiary/aromatic N) is 1. The maximum Gasteiger partial charge on any atom is 0.236 e. The highest BCUT2D eigenvalue weighted by atomic mass is 32.2. The van der Waals surface area contributed by atoms with Crippen molar-refractivity contribution in [3.05, 3.63) is 40.8 Å². The Morgan fingerprint density at radius 3 is 2.58 bits per heavy atom. The van der Waals surface area contributed by atoms with Crippen molar-refractivity contribution in [3.63, 3.8) is 0 Å². The fraction of sp³-hybridized carbons (Fsp3) is 0.308. The molecule has 2 rings (SSSR count). The predicted molar refractivity (Wildman–Crippen MR) is 73.7 cm³/mol. The summed E-state index contributed by atoms with van der Waals surface area (Å²) in [6.45, 7) is 2.53. The van der Waals surface area contributed by atoms with Gasteiger partial charge in [0, 0.05) is 18.5 Å². The number of rotatable bonds is 3. The number of carbonyl (C=O) groups excluding carboxylic acids is 1. The number of hydrogen-bond acceptors (Lipinski definition) is 3. The number of nitrogens with one attached hydrogen (secondary N) is 1. The number of sulfonamides is 1. The molecule has 1 heterocycles.